The first-order valence-electron chi connectivity index (χ1n) is 4.70. The van der Waals surface area contributed by atoms with E-state index in [0.29, 0.717) is 0 Å². The highest BCUT2D eigenvalue weighted by molar-refractivity contribution is 9.11. The van der Waals surface area contributed by atoms with Gasteiger partial charge < -0.3 is 0 Å². The van der Waals surface area contributed by atoms with Crippen molar-refractivity contribution in [2.75, 3.05) is 0 Å². The van der Waals surface area contributed by atoms with Crippen molar-refractivity contribution in [1.82, 2.24) is 15.0 Å². The summed E-state index contributed by atoms with van der Waals surface area (Å²) in [6.07, 6.45) is 1.82. The van der Waals surface area contributed by atoms with E-state index in [1.165, 1.54) is 0 Å². The minimum Gasteiger partial charge on any atom is -0.218 e. The molecule has 0 aliphatic carbocycles. The molecule has 1 heterocycles. The predicted octanol–water partition coefficient (Wildman–Crippen LogP) is 4.85. The smallest absolute Gasteiger partial charge is 0.101 e. The van der Waals surface area contributed by atoms with Crippen LogP contribution in [0.1, 0.15) is 18.0 Å². The van der Waals surface area contributed by atoms with Gasteiger partial charge in [0, 0.05) is 13.4 Å². The van der Waals surface area contributed by atoms with Gasteiger partial charge in [0.15, 0.2) is 0 Å². The molecule has 0 saturated heterocycles. The van der Waals surface area contributed by atoms with Crippen LogP contribution in [0, 0.1) is 0 Å². The first-order valence-corrected chi connectivity index (χ1v) is 7.52. The standard InChI is InChI=1S/C10H7Br3ClN3/c1-5(14)9-4-17(16-15-9)10-7(12)2-6(11)3-8(10)13/h2-5H,1H3. The van der Waals surface area contributed by atoms with Crippen molar-refractivity contribution in [2.45, 2.75) is 12.3 Å². The summed E-state index contributed by atoms with van der Waals surface area (Å²) in [5, 5.41) is 7.93. The fourth-order valence-corrected chi connectivity index (χ4v) is 4.04. The molecule has 0 aliphatic rings. The Labute approximate surface area is 129 Å². The van der Waals surface area contributed by atoms with Crippen LogP contribution in [0.15, 0.2) is 31.7 Å². The van der Waals surface area contributed by atoms with E-state index in [9.17, 15) is 0 Å². The van der Waals surface area contributed by atoms with Crippen LogP contribution >= 0.6 is 59.4 Å². The van der Waals surface area contributed by atoms with Gasteiger partial charge >= 0.3 is 0 Å². The Balaban J connectivity index is 2.52. The van der Waals surface area contributed by atoms with Crippen molar-refractivity contribution in [2.24, 2.45) is 0 Å². The van der Waals surface area contributed by atoms with Gasteiger partial charge in [-0.25, -0.2) is 4.68 Å². The molecule has 17 heavy (non-hydrogen) atoms. The highest BCUT2D eigenvalue weighted by Crippen LogP contribution is 2.32. The first kappa shape index (κ1) is 13.5. The molecular weight excluding hydrogens is 437 g/mol. The van der Waals surface area contributed by atoms with Gasteiger partial charge in [-0.1, -0.05) is 21.1 Å². The molecule has 7 heteroatoms. The Bertz CT molecular complexity index is 530. The molecule has 0 radical (unpaired) electrons. The molecule has 90 valence electrons. The average molecular weight is 444 g/mol. The molecule has 0 bridgehead atoms. The van der Waals surface area contributed by atoms with E-state index in [2.05, 4.69) is 58.1 Å². The molecular formula is C10H7Br3ClN3. The van der Waals surface area contributed by atoms with E-state index in [-0.39, 0.29) is 5.38 Å². The number of halogens is 4. The van der Waals surface area contributed by atoms with Crippen molar-refractivity contribution < 1.29 is 0 Å². The Morgan fingerprint density at radius 3 is 2.29 bits per heavy atom. The molecule has 1 aromatic heterocycles. The van der Waals surface area contributed by atoms with Gasteiger partial charge in [0.25, 0.3) is 0 Å². The fourth-order valence-electron chi connectivity index (χ4n) is 1.32. The second-order valence-electron chi connectivity index (χ2n) is 3.42. The zero-order valence-electron chi connectivity index (χ0n) is 8.66. The maximum Gasteiger partial charge on any atom is 0.101 e. The summed E-state index contributed by atoms with van der Waals surface area (Å²) in [6, 6.07) is 3.90. The topological polar surface area (TPSA) is 30.7 Å². The highest BCUT2D eigenvalue weighted by Gasteiger charge is 2.13. The molecule has 1 aromatic carbocycles. The van der Waals surface area contributed by atoms with E-state index in [1.54, 1.807) is 4.68 Å². The van der Waals surface area contributed by atoms with Gasteiger partial charge in [-0.15, -0.1) is 16.7 Å². The second-order valence-corrected chi connectivity index (χ2v) is 6.70. The summed E-state index contributed by atoms with van der Waals surface area (Å²) in [6.45, 7) is 1.86. The molecule has 0 amide bonds. The van der Waals surface area contributed by atoms with Gasteiger partial charge in [0.05, 0.1) is 17.3 Å². The number of hydrogen-bond acceptors (Lipinski definition) is 2. The molecule has 0 N–H and O–H groups in total. The van der Waals surface area contributed by atoms with Crippen LogP contribution in [0.3, 0.4) is 0 Å². The normalized spacial score (nSPS) is 12.8. The monoisotopic (exact) mass is 441 g/mol. The number of benzene rings is 1. The number of aromatic nitrogens is 3. The summed E-state index contributed by atoms with van der Waals surface area (Å²) >= 11 is 16.4. The van der Waals surface area contributed by atoms with Crippen LogP contribution in [-0.2, 0) is 0 Å². The maximum absolute atomic E-state index is 5.96. The molecule has 1 atom stereocenters. The van der Waals surface area contributed by atoms with E-state index in [1.807, 2.05) is 25.3 Å². The van der Waals surface area contributed by atoms with Crippen molar-refractivity contribution in [3.8, 4) is 5.69 Å². The Morgan fingerprint density at radius 2 is 1.82 bits per heavy atom. The minimum absolute atomic E-state index is 0.156. The Kier molecular flexibility index (Phi) is 4.28. The molecule has 0 spiro atoms. The lowest BCUT2D eigenvalue weighted by Gasteiger charge is -2.07. The maximum atomic E-state index is 5.96. The number of hydrogen-bond donors (Lipinski definition) is 0. The first-order chi connectivity index (χ1) is 7.99. The summed E-state index contributed by atoms with van der Waals surface area (Å²) in [7, 11) is 0. The number of nitrogens with zero attached hydrogens (tertiary/aromatic N) is 3. The molecule has 2 aromatic rings. The van der Waals surface area contributed by atoms with Crippen LogP contribution < -0.4 is 0 Å². The largest absolute Gasteiger partial charge is 0.218 e. The molecule has 2 rings (SSSR count). The van der Waals surface area contributed by atoms with Gasteiger partial charge in [-0.05, 0) is 50.9 Å². The second kappa shape index (κ2) is 5.38. The van der Waals surface area contributed by atoms with Crippen LogP contribution in [0.2, 0.25) is 0 Å². The van der Waals surface area contributed by atoms with Crippen LogP contribution in [0.25, 0.3) is 5.69 Å². The van der Waals surface area contributed by atoms with Crippen LogP contribution in [-0.4, -0.2) is 15.0 Å². The van der Waals surface area contributed by atoms with E-state index in [0.717, 1.165) is 24.8 Å². The third kappa shape index (κ3) is 2.92. The Morgan fingerprint density at radius 1 is 1.24 bits per heavy atom. The van der Waals surface area contributed by atoms with E-state index >= 15 is 0 Å². The highest BCUT2D eigenvalue weighted by atomic mass is 79.9. The molecule has 3 nitrogen and oxygen atoms in total. The number of alkyl halides is 1. The third-order valence-corrected chi connectivity index (χ3v) is 4.02. The van der Waals surface area contributed by atoms with Gasteiger partial charge in [0.2, 0.25) is 0 Å². The quantitative estimate of drug-likeness (QED) is 0.620. The average Bonchev–Trinajstić information content (AvgIpc) is 2.65. The molecule has 1 unspecified atom stereocenters. The SMILES string of the molecule is CC(Cl)c1cn(-c2c(Br)cc(Br)cc2Br)nn1. The Hall–Kier alpha value is 0.0900. The zero-order valence-corrected chi connectivity index (χ0v) is 14.2. The third-order valence-electron chi connectivity index (χ3n) is 2.13. The van der Waals surface area contributed by atoms with Crippen molar-refractivity contribution in [3.05, 3.63) is 37.4 Å². The van der Waals surface area contributed by atoms with Crippen molar-refractivity contribution in [1.29, 1.82) is 0 Å². The zero-order chi connectivity index (χ0) is 12.6. The van der Waals surface area contributed by atoms with Crippen LogP contribution in [0.5, 0.6) is 0 Å². The van der Waals surface area contributed by atoms with E-state index in [4.69, 9.17) is 11.6 Å². The van der Waals surface area contributed by atoms with Crippen molar-refractivity contribution in [3.63, 3.8) is 0 Å². The van der Waals surface area contributed by atoms with Crippen LogP contribution in [0.4, 0.5) is 0 Å². The predicted molar refractivity (Wildman–Crippen MR) is 78.7 cm³/mol. The van der Waals surface area contributed by atoms with Gasteiger partial charge in [0.1, 0.15) is 5.69 Å². The fraction of sp³-hybridized carbons (Fsp3) is 0.200. The lowest BCUT2D eigenvalue weighted by molar-refractivity contribution is 0.791. The van der Waals surface area contributed by atoms with Gasteiger partial charge in [-0.2, -0.15) is 0 Å². The molecule has 0 saturated carbocycles. The minimum atomic E-state index is -0.156. The summed E-state index contributed by atoms with van der Waals surface area (Å²) in [5.41, 5.74) is 1.64. The lowest BCUT2D eigenvalue weighted by Crippen LogP contribution is -1.97. The van der Waals surface area contributed by atoms with E-state index < -0.39 is 0 Å². The number of rotatable bonds is 2. The molecule has 0 fully saturated rings. The summed E-state index contributed by atoms with van der Waals surface area (Å²) in [5.74, 6) is 0. The van der Waals surface area contributed by atoms with Crippen molar-refractivity contribution >= 4 is 59.4 Å². The summed E-state index contributed by atoms with van der Waals surface area (Å²) < 4.78 is 4.50. The lowest BCUT2D eigenvalue weighted by atomic mass is 10.3. The van der Waals surface area contributed by atoms with Gasteiger partial charge in [-0.3, -0.25) is 0 Å². The molecule has 0 aliphatic heterocycles. The summed E-state index contributed by atoms with van der Waals surface area (Å²) in [4.78, 5) is 0.